The van der Waals surface area contributed by atoms with Crippen molar-refractivity contribution in [2.45, 2.75) is 67.2 Å². The van der Waals surface area contributed by atoms with Crippen molar-refractivity contribution in [2.24, 2.45) is 10.8 Å². The van der Waals surface area contributed by atoms with Gasteiger partial charge in [-0.05, 0) is 43.4 Å². The average molecular weight is 379 g/mol. The second-order valence-corrected chi connectivity index (χ2v) is 13.4. The molecule has 0 saturated carbocycles. The van der Waals surface area contributed by atoms with E-state index in [9.17, 15) is 4.57 Å². The highest BCUT2D eigenvalue weighted by Gasteiger charge is 2.31. The minimum atomic E-state index is -2.44. The zero-order chi connectivity index (χ0) is 18.3. The monoisotopic (exact) mass is 379 g/mol. The molecule has 1 aliphatic heterocycles. The molecule has 0 radical (unpaired) electrons. The molecule has 0 aromatic heterocycles. The van der Waals surface area contributed by atoms with Crippen LogP contribution in [0.1, 0.15) is 67.2 Å². The van der Waals surface area contributed by atoms with Crippen LogP contribution in [0.25, 0.3) is 0 Å². The van der Waals surface area contributed by atoms with E-state index in [0.29, 0.717) is 18.2 Å². The Morgan fingerprint density at radius 1 is 1.29 bits per heavy atom. The summed E-state index contributed by atoms with van der Waals surface area (Å²) in [5, 5.41) is 3.56. The molecule has 144 valence electrons. The van der Waals surface area contributed by atoms with E-state index in [1.807, 2.05) is 6.92 Å². The third-order valence-electron chi connectivity index (χ3n) is 4.54. The third-order valence-corrected chi connectivity index (χ3v) is 8.97. The molecule has 4 nitrogen and oxygen atoms in total. The number of hydrogen-bond acceptors (Lipinski definition) is 4. The number of rotatable bonds is 9. The maximum atomic E-state index is 12.9. The summed E-state index contributed by atoms with van der Waals surface area (Å²) in [4.78, 5) is 0. The van der Waals surface area contributed by atoms with Crippen LogP contribution in [-0.4, -0.2) is 38.2 Å². The van der Waals surface area contributed by atoms with Crippen molar-refractivity contribution in [3.63, 3.8) is 0 Å². The predicted octanol–water partition coefficient (Wildman–Crippen LogP) is 5.87. The van der Waals surface area contributed by atoms with Crippen LogP contribution in [0.15, 0.2) is 0 Å². The molecule has 1 rings (SSSR count). The summed E-state index contributed by atoms with van der Waals surface area (Å²) in [6, 6.07) is 0. The molecule has 0 aromatic rings. The van der Waals surface area contributed by atoms with Gasteiger partial charge in [0.2, 0.25) is 7.37 Å². The first-order valence-electron chi connectivity index (χ1n) is 9.42. The summed E-state index contributed by atoms with van der Waals surface area (Å²) in [7, 11) is -3.05. The van der Waals surface area contributed by atoms with E-state index in [1.165, 1.54) is 0 Å². The van der Waals surface area contributed by atoms with E-state index in [4.69, 9.17) is 9.05 Å². The highest BCUT2D eigenvalue weighted by molar-refractivity contribution is 7.59. The minimum Gasteiger partial charge on any atom is -0.344 e. The van der Waals surface area contributed by atoms with Gasteiger partial charge in [-0.1, -0.05) is 34.6 Å². The van der Waals surface area contributed by atoms with Gasteiger partial charge < -0.3 is 9.05 Å². The Balaban J connectivity index is 2.37. The van der Waals surface area contributed by atoms with Gasteiger partial charge in [0.25, 0.3) is 0 Å². The zero-order valence-corrected chi connectivity index (χ0v) is 18.5. The SMILES string of the molecule is CCOP(CCCP1(=O)CCC(C)(C)CCO1)NCCC(C)(C)C. The van der Waals surface area contributed by atoms with Crippen LogP contribution in [0.3, 0.4) is 0 Å². The van der Waals surface area contributed by atoms with Crippen molar-refractivity contribution in [3.05, 3.63) is 0 Å². The molecule has 0 amide bonds. The predicted molar refractivity (Wildman–Crippen MR) is 106 cm³/mol. The van der Waals surface area contributed by atoms with Crippen molar-refractivity contribution in [3.8, 4) is 0 Å². The van der Waals surface area contributed by atoms with E-state index < -0.39 is 15.7 Å². The summed E-state index contributed by atoms with van der Waals surface area (Å²) in [6.07, 6.45) is 6.48. The molecule has 1 fully saturated rings. The normalized spacial score (nSPS) is 26.1. The fraction of sp³-hybridized carbons (Fsp3) is 1.00. The summed E-state index contributed by atoms with van der Waals surface area (Å²) in [6.45, 7) is 15.7. The van der Waals surface area contributed by atoms with Crippen molar-refractivity contribution in [1.29, 1.82) is 0 Å². The van der Waals surface area contributed by atoms with Crippen molar-refractivity contribution in [2.75, 3.05) is 38.2 Å². The Bertz CT molecular complexity index is 408. The Kier molecular flexibility index (Phi) is 9.43. The fourth-order valence-electron chi connectivity index (χ4n) is 2.68. The van der Waals surface area contributed by atoms with E-state index in [2.05, 4.69) is 39.7 Å². The zero-order valence-electron chi connectivity index (χ0n) is 16.7. The van der Waals surface area contributed by atoms with Gasteiger partial charge in [0.15, 0.2) is 0 Å². The first kappa shape index (κ1) is 22.6. The molecule has 6 heteroatoms. The fourth-order valence-corrected chi connectivity index (χ4v) is 6.92. The number of nitrogens with one attached hydrogen (secondary N) is 1. The summed E-state index contributed by atoms with van der Waals surface area (Å²) >= 11 is 0. The Labute approximate surface area is 151 Å². The minimum absolute atomic E-state index is 0.263. The summed E-state index contributed by atoms with van der Waals surface area (Å²) in [5.41, 5.74) is 0.602. The highest BCUT2D eigenvalue weighted by atomic mass is 31.2. The average Bonchev–Trinajstić information content (AvgIpc) is 2.57. The lowest BCUT2D eigenvalue weighted by molar-refractivity contribution is 0.249. The molecule has 0 aromatic carbocycles. The Morgan fingerprint density at radius 2 is 2.00 bits per heavy atom. The molecule has 2 atom stereocenters. The van der Waals surface area contributed by atoms with Gasteiger partial charge in [-0.15, -0.1) is 0 Å². The molecule has 1 saturated heterocycles. The van der Waals surface area contributed by atoms with Crippen molar-refractivity contribution >= 4 is 15.7 Å². The molecular formula is C18H39NO3P2. The Morgan fingerprint density at radius 3 is 2.62 bits per heavy atom. The van der Waals surface area contributed by atoms with E-state index in [-0.39, 0.29) is 5.41 Å². The second-order valence-electron chi connectivity index (χ2n) is 8.85. The van der Waals surface area contributed by atoms with Gasteiger partial charge in [0.1, 0.15) is 8.30 Å². The van der Waals surface area contributed by atoms with Gasteiger partial charge in [-0.25, -0.2) is 0 Å². The van der Waals surface area contributed by atoms with E-state index >= 15 is 0 Å². The van der Waals surface area contributed by atoms with Crippen LogP contribution >= 0.6 is 15.7 Å². The molecule has 24 heavy (non-hydrogen) atoms. The van der Waals surface area contributed by atoms with Gasteiger partial charge in [0, 0.05) is 31.6 Å². The standard InChI is InChI=1S/C18H39NO3P2/c1-7-21-23(19-12-9-17(2,3)4)14-8-15-24(20)16-11-18(5,6)10-13-22-24/h19H,7-16H2,1-6H3. The van der Waals surface area contributed by atoms with Crippen LogP contribution in [0.5, 0.6) is 0 Å². The first-order valence-corrected chi connectivity index (χ1v) is 12.9. The van der Waals surface area contributed by atoms with Gasteiger partial charge in [-0.2, -0.15) is 0 Å². The Hall–Kier alpha value is 0.540. The molecular weight excluding hydrogens is 340 g/mol. The van der Waals surface area contributed by atoms with E-state index in [1.54, 1.807) is 0 Å². The van der Waals surface area contributed by atoms with Crippen molar-refractivity contribution in [1.82, 2.24) is 5.09 Å². The topological polar surface area (TPSA) is 47.6 Å². The smallest absolute Gasteiger partial charge is 0.203 e. The van der Waals surface area contributed by atoms with E-state index in [0.717, 1.165) is 51.2 Å². The van der Waals surface area contributed by atoms with Gasteiger partial charge in [-0.3, -0.25) is 9.65 Å². The second kappa shape index (κ2) is 10.0. The lowest BCUT2D eigenvalue weighted by atomic mass is 9.87. The molecule has 1 N–H and O–H groups in total. The first-order chi connectivity index (χ1) is 11.1. The maximum Gasteiger partial charge on any atom is 0.203 e. The highest BCUT2D eigenvalue weighted by Crippen LogP contribution is 2.53. The lowest BCUT2D eigenvalue weighted by Crippen LogP contribution is -2.19. The van der Waals surface area contributed by atoms with Crippen LogP contribution in [0.2, 0.25) is 0 Å². The summed E-state index contributed by atoms with van der Waals surface area (Å²) < 4.78 is 24.6. The van der Waals surface area contributed by atoms with Gasteiger partial charge in [0.05, 0.1) is 6.61 Å². The van der Waals surface area contributed by atoms with Crippen LogP contribution in [0.4, 0.5) is 0 Å². The quantitative estimate of drug-likeness (QED) is 0.509. The molecule has 1 aliphatic rings. The maximum absolute atomic E-state index is 12.9. The lowest BCUT2D eigenvalue weighted by Gasteiger charge is -2.23. The number of hydrogen-bond donors (Lipinski definition) is 1. The van der Waals surface area contributed by atoms with Crippen molar-refractivity contribution < 1.29 is 13.6 Å². The summed E-state index contributed by atoms with van der Waals surface area (Å²) in [5.74, 6) is 0. The molecule has 0 aliphatic carbocycles. The van der Waals surface area contributed by atoms with Crippen LogP contribution < -0.4 is 5.09 Å². The molecule has 2 unspecified atom stereocenters. The molecule has 1 heterocycles. The largest absolute Gasteiger partial charge is 0.344 e. The third kappa shape index (κ3) is 9.88. The molecule has 0 spiro atoms. The molecule has 0 bridgehead atoms. The van der Waals surface area contributed by atoms with Crippen LogP contribution in [-0.2, 0) is 13.6 Å². The van der Waals surface area contributed by atoms with Crippen LogP contribution in [0, 0.1) is 10.8 Å². The van der Waals surface area contributed by atoms with Gasteiger partial charge >= 0.3 is 0 Å².